The van der Waals surface area contributed by atoms with Crippen LogP contribution in [-0.2, 0) is 25.7 Å². The molecule has 0 aliphatic rings. The maximum Gasteiger partial charge on any atom is 0.408 e. The summed E-state index contributed by atoms with van der Waals surface area (Å²) in [5.74, 6) is -1.72. The van der Waals surface area contributed by atoms with Gasteiger partial charge in [0.15, 0.2) is 0 Å². The van der Waals surface area contributed by atoms with E-state index in [0.717, 1.165) is 24.0 Å². The number of aryl methyl sites for hydroxylation is 1. The summed E-state index contributed by atoms with van der Waals surface area (Å²) in [4.78, 5) is 53.7. The summed E-state index contributed by atoms with van der Waals surface area (Å²) >= 11 is 0. The molecule has 0 spiro atoms. The van der Waals surface area contributed by atoms with Crippen LogP contribution in [-0.4, -0.2) is 46.9 Å². The van der Waals surface area contributed by atoms with Crippen LogP contribution in [0.1, 0.15) is 76.1 Å². The normalized spacial score (nSPS) is 12.6. The number of primary amides is 1. The Morgan fingerprint density at radius 3 is 2.18 bits per heavy atom. The van der Waals surface area contributed by atoms with Crippen molar-refractivity contribution in [2.24, 2.45) is 5.73 Å². The van der Waals surface area contributed by atoms with Gasteiger partial charge in [-0.2, -0.15) is 0 Å². The van der Waals surface area contributed by atoms with Gasteiger partial charge >= 0.3 is 6.09 Å². The smallest absolute Gasteiger partial charge is 0.408 e. The minimum Gasteiger partial charge on any atom is -0.444 e. The van der Waals surface area contributed by atoms with E-state index in [1.807, 2.05) is 68.4 Å². The first-order chi connectivity index (χ1) is 18.4. The Balaban J connectivity index is 2.46. The second-order valence-corrected chi connectivity index (χ2v) is 10.6. The topological polar surface area (TPSA) is 131 Å². The number of hydrogen-bond donors (Lipinski definition) is 3. The molecular weight excluding hydrogens is 496 g/mol. The summed E-state index contributed by atoms with van der Waals surface area (Å²) in [7, 11) is 0. The Kier molecular flexibility index (Phi) is 12.0. The van der Waals surface area contributed by atoms with Crippen LogP contribution in [0.2, 0.25) is 0 Å². The average Bonchev–Trinajstić information content (AvgIpc) is 2.86. The van der Waals surface area contributed by atoms with Crippen molar-refractivity contribution in [2.75, 3.05) is 6.54 Å². The summed E-state index contributed by atoms with van der Waals surface area (Å²) < 4.78 is 5.32. The molecule has 0 saturated heterocycles. The lowest BCUT2D eigenvalue weighted by Crippen LogP contribution is -2.54. The zero-order valence-electron chi connectivity index (χ0n) is 23.7. The van der Waals surface area contributed by atoms with Crippen molar-refractivity contribution in [3.63, 3.8) is 0 Å². The highest BCUT2D eigenvalue weighted by molar-refractivity contribution is 5.94. The van der Waals surface area contributed by atoms with Gasteiger partial charge in [0.25, 0.3) is 0 Å². The van der Waals surface area contributed by atoms with E-state index in [1.54, 1.807) is 20.8 Å². The maximum absolute atomic E-state index is 14.0. The van der Waals surface area contributed by atoms with Crippen LogP contribution < -0.4 is 16.4 Å². The van der Waals surface area contributed by atoms with E-state index in [-0.39, 0.29) is 19.0 Å². The van der Waals surface area contributed by atoms with Crippen LogP contribution in [0.15, 0.2) is 54.6 Å². The van der Waals surface area contributed by atoms with Crippen molar-refractivity contribution < 1.29 is 23.9 Å². The van der Waals surface area contributed by atoms with Crippen LogP contribution in [0.4, 0.5) is 4.79 Å². The third-order valence-electron chi connectivity index (χ3n) is 5.94. The highest BCUT2D eigenvalue weighted by atomic mass is 16.6. The number of rotatable bonds is 13. The number of carbonyl (C=O) groups is 4. The standard InChI is InChI=1S/C30H42N4O5/c1-6-7-11-18-34(28(37)24(19-25(31)35)33-29(38)39-30(3,4)5)26(23-16-14-21(2)15-17-23)27(36)32-20-22-12-9-8-10-13-22/h8-10,12-17,24,26H,6-7,11,18-20H2,1-5H3,(H2,31,35)(H,32,36)(H,33,38). The third kappa shape index (κ3) is 10.8. The molecule has 2 rings (SSSR count). The predicted octanol–water partition coefficient (Wildman–Crippen LogP) is 4.14. The molecule has 0 aromatic heterocycles. The van der Waals surface area contributed by atoms with Crippen molar-refractivity contribution >= 4 is 23.8 Å². The SMILES string of the molecule is CCCCCN(C(=O)C(CC(N)=O)NC(=O)OC(C)(C)C)C(C(=O)NCc1ccccc1)c1ccc(C)cc1. The Morgan fingerprint density at radius 1 is 0.974 bits per heavy atom. The molecule has 4 amide bonds. The molecular formula is C30H42N4O5. The monoisotopic (exact) mass is 538 g/mol. The lowest BCUT2D eigenvalue weighted by molar-refractivity contribution is -0.143. The van der Waals surface area contributed by atoms with Crippen molar-refractivity contribution in [1.29, 1.82) is 0 Å². The van der Waals surface area contributed by atoms with Gasteiger partial charge in [-0.1, -0.05) is 79.9 Å². The van der Waals surface area contributed by atoms with Crippen LogP contribution in [0.25, 0.3) is 0 Å². The molecule has 39 heavy (non-hydrogen) atoms. The molecule has 2 aromatic carbocycles. The van der Waals surface area contributed by atoms with E-state index in [0.29, 0.717) is 12.0 Å². The van der Waals surface area contributed by atoms with Gasteiger partial charge in [0.05, 0.1) is 6.42 Å². The molecule has 9 heteroatoms. The molecule has 0 bridgehead atoms. The van der Waals surface area contributed by atoms with Gasteiger partial charge in [0.1, 0.15) is 17.7 Å². The summed E-state index contributed by atoms with van der Waals surface area (Å²) in [5.41, 5.74) is 7.17. The Hall–Kier alpha value is -3.88. The number of amides is 4. The number of unbranched alkanes of at least 4 members (excludes halogenated alkanes) is 2. The summed E-state index contributed by atoms with van der Waals surface area (Å²) in [6.45, 7) is 9.58. The molecule has 0 heterocycles. The molecule has 0 saturated carbocycles. The fourth-order valence-electron chi connectivity index (χ4n) is 4.05. The zero-order valence-corrected chi connectivity index (χ0v) is 23.7. The first kappa shape index (κ1) is 31.3. The van der Waals surface area contributed by atoms with Crippen molar-refractivity contribution in [3.8, 4) is 0 Å². The summed E-state index contributed by atoms with van der Waals surface area (Å²) in [5, 5.41) is 5.46. The van der Waals surface area contributed by atoms with Gasteiger partial charge in [-0.05, 0) is 45.2 Å². The quantitative estimate of drug-likeness (QED) is 0.330. The van der Waals surface area contributed by atoms with Gasteiger partial charge in [0, 0.05) is 13.1 Å². The van der Waals surface area contributed by atoms with Gasteiger partial charge in [-0.15, -0.1) is 0 Å². The Labute approximate surface area is 231 Å². The number of nitrogens with zero attached hydrogens (tertiary/aromatic N) is 1. The van der Waals surface area contributed by atoms with Crippen molar-refractivity contribution in [2.45, 2.75) is 84.5 Å². The molecule has 4 N–H and O–H groups in total. The lowest BCUT2D eigenvalue weighted by Gasteiger charge is -2.34. The molecule has 0 aliphatic heterocycles. The fourth-order valence-corrected chi connectivity index (χ4v) is 4.05. The maximum atomic E-state index is 14.0. The molecule has 2 atom stereocenters. The van der Waals surface area contributed by atoms with Crippen LogP contribution in [0.5, 0.6) is 0 Å². The van der Waals surface area contributed by atoms with E-state index in [1.165, 1.54) is 4.90 Å². The highest BCUT2D eigenvalue weighted by Crippen LogP contribution is 2.25. The summed E-state index contributed by atoms with van der Waals surface area (Å²) in [6, 6.07) is 14.6. The Bertz CT molecular complexity index is 1100. The van der Waals surface area contributed by atoms with Crippen LogP contribution in [0, 0.1) is 6.92 Å². The van der Waals surface area contributed by atoms with Gasteiger partial charge < -0.3 is 26.0 Å². The van der Waals surface area contributed by atoms with Crippen molar-refractivity contribution in [1.82, 2.24) is 15.5 Å². The minimum atomic E-state index is -1.30. The molecule has 0 fully saturated rings. The average molecular weight is 539 g/mol. The largest absolute Gasteiger partial charge is 0.444 e. The number of nitrogens with one attached hydrogen (secondary N) is 2. The van der Waals surface area contributed by atoms with Crippen LogP contribution >= 0.6 is 0 Å². The van der Waals surface area contributed by atoms with Crippen LogP contribution in [0.3, 0.4) is 0 Å². The third-order valence-corrected chi connectivity index (χ3v) is 5.94. The second-order valence-electron chi connectivity index (χ2n) is 10.6. The van der Waals surface area contributed by atoms with E-state index in [2.05, 4.69) is 10.6 Å². The number of carbonyl (C=O) groups excluding carboxylic acids is 4. The highest BCUT2D eigenvalue weighted by Gasteiger charge is 2.36. The predicted molar refractivity (Wildman–Crippen MR) is 150 cm³/mol. The van der Waals surface area contributed by atoms with E-state index in [9.17, 15) is 19.2 Å². The summed E-state index contributed by atoms with van der Waals surface area (Å²) in [6.07, 6.45) is 1.07. The van der Waals surface area contributed by atoms with Crippen molar-refractivity contribution in [3.05, 3.63) is 71.3 Å². The number of hydrogen-bond acceptors (Lipinski definition) is 5. The minimum absolute atomic E-state index is 0.245. The van der Waals surface area contributed by atoms with Gasteiger partial charge in [-0.25, -0.2) is 4.79 Å². The number of nitrogens with two attached hydrogens (primary N) is 1. The molecule has 0 radical (unpaired) electrons. The first-order valence-corrected chi connectivity index (χ1v) is 13.4. The van der Waals surface area contributed by atoms with E-state index >= 15 is 0 Å². The zero-order chi connectivity index (χ0) is 29.0. The number of alkyl carbamates (subject to hydrolysis) is 1. The molecule has 212 valence electrons. The molecule has 9 nitrogen and oxygen atoms in total. The Morgan fingerprint density at radius 2 is 1.62 bits per heavy atom. The molecule has 2 aromatic rings. The van der Waals surface area contributed by atoms with Gasteiger partial charge in [-0.3, -0.25) is 14.4 Å². The van der Waals surface area contributed by atoms with E-state index in [4.69, 9.17) is 10.5 Å². The molecule has 0 aliphatic carbocycles. The van der Waals surface area contributed by atoms with E-state index < -0.39 is 42.0 Å². The second kappa shape index (κ2) is 14.9. The molecule has 2 unspecified atom stereocenters. The lowest BCUT2D eigenvalue weighted by atomic mass is 10.00. The number of ether oxygens (including phenoxy) is 1. The number of benzene rings is 2. The fraction of sp³-hybridized carbons (Fsp3) is 0.467. The van der Waals surface area contributed by atoms with Gasteiger partial charge in [0.2, 0.25) is 17.7 Å². The first-order valence-electron chi connectivity index (χ1n) is 13.4.